The lowest BCUT2D eigenvalue weighted by Crippen LogP contribution is -2.55. The monoisotopic (exact) mass is 561 g/mol. The lowest BCUT2D eigenvalue weighted by Gasteiger charge is -2.37. The van der Waals surface area contributed by atoms with E-state index in [1.54, 1.807) is 25.7 Å². The number of aryl methyl sites for hydroxylation is 2. The van der Waals surface area contributed by atoms with Gasteiger partial charge in [0.1, 0.15) is 24.2 Å². The number of benzene rings is 1. The van der Waals surface area contributed by atoms with Crippen molar-refractivity contribution in [1.29, 1.82) is 0 Å². The minimum absolute atomic E-state index is 0.223. The second-order valence-corrected chi connectivity index (χ2v) is 11.5. The number of esters is 1. The molecule has 1 aromatic carbocycles. The maximum atomic E-state index is 14.4. The third-order valence-corrected chi connectivity index (χ3v) is 6.95. The van der Waals surface area contributed by atoms with E-state index in [9.17, 15) is 19.2 Å². The summed E-state index contributed by atoms with van der Waals surface area (Å²) in [6.07, 6.45) is 4.72. The Balaban J connectivity index is 3.61. The Labute approximate surface area is 240 Å². The highest BCUT2D eigenvalue weighted by Crippen LogP contribution is 2.30. The van der Waals surface area contributed by atoms with Crippen molar-refractivity contribution in [3.8, 4) is 0 Å². The van der Waals surface area contributed by atoms with Gasteiger partial charge in [0.25, 0.3) is 0 Å². The van der Waals surface area contributed by atoms with Crippen LogP contribution in [0.15, 0.2) is 18.2 Å². The van der Waals surface area contributed by atoms with Gasteiger partial charge in [-0.15, -0.1) is 0 Å². The lowest BCUT2D eigenvalue weighted by molar-refractivity contribution is -0.145. The number of hydrogen-bond donors (Lipinski definition) is 2. The van der Waals surface area contributed by atoms with Crippen molar-refractivity contribution in [2.75, 3.05) is 20.2 Å². The van der Waals surface area contributed by atoms with Gasteiger partial charge in [-0.25, -0.2) is 4.79 Å². The predicted octanol–water partition coefficient (Wildman–Crippen LogP) is 5.37. The highest BCUT2D eigenvalue weighted by molar-refractivity contribution is 5.93. The van der Waals surface area contributed by atoms with E-state index in [0.29, 0.717) is 24.9 Å². The standard InChI is InChI=1S/C31H51N3O6/c1-10-12-13-14-15-19-34(29(37)26(21(3)11-2)33-30(38)40-31(6,7)8)27(28(36)32-20-24(35)39-9)25-22(4)17-16-18-23(25)5/h16-18,21,26-27H,10-15,19-20H2,1-9H3,(H,32,36)(H,33,38). The smallest absolute Gasteiger partial charge is 0.408 e. The molecule has 2 N–H and O–H groups in total. The van der Waals surface area contributed by atoms with E-state index >= 15 is 0 Å². The summed E-state index contributed by atoms with van der Waals surface area (Å²) in [6.45, 7) is 15.1. The van der Waals surface area contributed by atoms with Crippen molar-refractivity contribution < 1.29 is 28.7 Å². The first-order valence-corrected chi connectivity index (χ1v) is 14.5. The van der Waals surface area contributed by atoms with Gasteiger partial charge in [-0.05, 0) is 63.6 Å². The number of hydrogen-bond acceptors (Lipinski definition) is 6. The average Bonchev–Trinajstić information content (AvgIpc) is 2.88. The summed E-state index contributed by atoms with van der Waals surface area (Å²) in [5.74, 6) is -1.66. The zero-order valence-corrected chi connectivity index (χ0v) is 26.0. The first kappa shape index (κ1) is 34.9. The third kappa shape index (κ3) is 11.2. The Morgan fingerprint density at radius 2 is 1.57 bits per heavy atom. The van der Waals surface area contributed by atoms with Crippen LogP contribution in [0.4, 0.5) is 4.79 Å². The SMILES string of the molecule is CCCCCCCN(C(=O)C(NC(=O)OC(C)(C)C)C(C)CC)C(C(=O)NCC(=O)OC)c1c(C)cccc1C. The number of rotatable bonds is 15. The zero-order valence-electron chi connectivity index (χ0n) is 26.0. The van der Waals surface area contributed by atoms with Crippen molar-refractivity contribution in [2.24, 2.45) is 5.92 Å². The van der Waals surface area contributed by atoms with Gasteiger partial charge in [0.15, 0.2) is 0 Å². The number of alkyl carbamates (subject to hydrolysis) is 1. The number of nitrogens with one attached hydrogen (secondary N) is 2. The zero-order chi connectivity index (χ0) is 30.5. The first-order valence-electron chi connectivity index (χ1n) is 14.5. The molecule has 9 heteroatoms. The molecule has 3 atom stereocenters. The van der Waals surface area contributed by atoms with Crippen LogP contribution in [0.5, 0.6) is 0 Å². The molecule has 226 valence electrons. The van der Waals surface area contributed by atoms with Crippen LogP contribution in [0.3, 0.4) is 0 Å². The van der Waals surface area contributed by atoms with Crippen LogP contribution >= 0.6 is 0 Å². The van der Waals surface area contributed by atoms with E-state index in [1.165, 1.54) is 7.11 Å². The van der Waals surface area contributed by atoms with Crippen LogP contribution in [0.1, 0.15) is 103 Å². The van der Waals surface area contributed by atoms with Crippen molar-refractivity contribution in [3.05, 3.63) is 34.9 Å². The molecule has 40 heavy (non-hydrogen) atoms. The van der Waals surface area contributed by atoms with E-state index in [2.05, 4.69) is 17.6 Å². The summed E-state index contributed by atoms with van der Waals surface area (Å²) in [5, 5.41) is 5.46. The van der Waals surface area contributed by atoms with E-state index in [0.717, 1.165) is 36.8 Å². The van der Waals surface area contributed by atoms with Gasteiger partial charge in [-0.3, -0.25) is 14.4 Å². The van der Waals surface area contributed by atoms with Crippen LogP contribution in [0, 0.1) is 19.8 Å². The van der Waals surface area contributed by atoms with Crippen LogP contribution in [0.2, 0.25) is 0 Å². The highest BCUT2D eigenvalue weighted by atomic mass is 16.6. The molecule has 1 aromatic rings. The fourth-order valence-corrected chi connectivity index (χ4v) is 4.56. The van der Waals surface area contributed by atoms with E-state index in [4.69, 9.17) is 9.47 Å². The van der Waals surface area contributed by atoms with Crippen molar-refractivity contribution >= 4 is 23.9 Å². The normalized spacial score (nSPS) is 13.5. The lowest BCUT2D eigenvalue weighted by atomic mass is 9.91. The molecule has 0 aliphatic rings. The average molecular weight is 562 g/mol. The van der Waals surface area contributed by atoms with Crippen LogP contribution < -0.4 is 10.6 Å². The van der Waals surface area contributed by atoms with Crippen molar-refractivity contribution in [1.82, 2.24) is 15.5 Å². The van der Waals surface area contributed by atoms with Gasteiger partial charge in [-0.2, -0.15) is 0 Å². The number of unbranched alkanes of at least 4 members (excludes halogenated alkanes) is 4. The Kier molecular flexibility index (Phi) is 14.7. The van der Waals surface area contributed by atoms with Gasteiger partial charge in [-0.1, -0.05) is 71.1 Å². The molecule has 0 aromatic heterocycles. The van der Waals surface area contributed by atoms with E-state index < -0.39 is 35.7 Å². The van der Waals surface area contributed by atoms with Gasteiger partial charge in [0.05, 0.1) is 7.11 Å². The molecule has 0 bridgehead atoms. The molecule has 1 rings (SSSR count). The Hall–Kier alpha value is -3.10. The fourth-order valence-electron chi connectivity index (χ4n) is 4.56. The summed E-state index contributed by atoms with van der Waals surface area (Å²) < 4.78 is 10.2. The predicted molar refractivity (Wildman–Crippen MR) is 157 cm³/mol. The van der Waals surface area contributed by atoms with E-state index in [1.807, 2.05) is 45.9 Å². The number of carbonyl (C=O) groups is 4. The Morgan fingerprint density at radius 1 is 0.975 bits per heavy atom. The molecule has 0 fully saturated rings. The molecule has 0 saturated heterocycles. The summed E-state index contributed by atoms with van der Waals surface area (Å²) in [5.41, 5.74) is 1.66. The second kappa shape index (κ2) is 16.9. The van der Waals surface area contributed by atoms with Crippen LogP contribution in [-0.2, 0) is 23.9 Å². The van der Waals surface area contributed by atoms with Crippen LogP contribution in [0.25, 0.3) is 0 Å². The molecule has 3 unspecified atom stereocenters. The molecular weight excluding hydrogens is 510 g/mol. The quantitative estimate of drug-likeness (QED) is 0.220. The molecule has 9 nitrogen and oxygen atoms in total. The molecule has 0 spiro atoms. The molecule has 0 heterocycles. The second-order valence-electron chi connectivity index (χ2n) is 11.5. The number of ether oxygens (including phenoxy) is 2. The number of carbonyl (C=O) groups excluding carboxylic acids is 4. The maximum absolute atomic E-state index is 14.4. The summed E-state index contributed by atoms with van der Waals surface area (Å²) in [7, 11) is 1.25. The molecule has 0 saturated carbocycles. The molecule has 0 aliphatic carbocycles. The van der Waals surface area contributed by atoms with Crippen molar-refractivity contribution in [3.63, 3.8) is 0 Å². The van der Waals surface area contributed by atoms with Gasteiger partial charge in [0, 0.05) is 6.54 Å². The summed E-state index contributed by atoms with van der Waals surface area (Å²) >= 11 is 0. The van der Waals surface area contributed by atoms with Gasteiger partial charge in [0.2, 0.25) is 11.8 Å². The summed E-state index contributed by atoms with van der Waals surface area (Å²) in [6, 6.07) is 3.79. The van der Waals surface area contributed by atoms with E-state index in [-0.39, 0.29) is 18.4 Å². The third-order valence-electron chi connectivity index (χ3n) is 6.95. The minimum atomic E-state index is -1.00. The molecule has 0 aliphatic heterocycles. The van der Waals surface area contributed by atoms with Crippen molar-refractivity contribution in [2.45, 2.75) is 112 Å². The molecule has 0 radical (unpaired) electrons. The van der Waals surface area contributed by atoms with Gasteiger partial charge >= 0.3 is 12.1 Å². The highest BCUT2D eigenvalue weighted by Gasteiger charge is 2.39. The molecular formula is C31H51N3O6. The fraction of sp³-hybridized carbons (Fsp3) is 0.677. The Morgan fingerprint density at radius 3 is 2.10 bits per heavy atom. The maximum Gasteiger partial charge on any atom is 0.408 e. The summed E-state index contributed by atoms with van der Waals surface area (Å²) in [4.78, 5) is 54.4. The first-order chi connectivity index (χ1) is 18.8. The Bertz CT molecular complexity index is 968. The topological polar surface area (TPSA) is 114 Å². The van der Waals surface area contributed by atoms with Crippen LogP contribution in [-0.4, -0.2) is 60.6 Å². The minimum Gasteiger partial charge on any atom is -0.468 e. The number of methoxy groups -OCH3 is 1. The molecule has 3 amide bonds. The number of nitrogens with zero attached hydrogens (tertiary/aromatic N) is 1. The van der Waals surface area contributed by atoms with Gasteiger partial charge < -0.3 is 25.0 Å². The largest absolute Gasteiger partial charge is 0.468 e. The number of amides is 3.